The fraction of sp³-hybridized carbons (Fsp3) is 0.600. The van der Waals surface area contributed by atoms with Crippen molar-refractivity contribution >= 4 is 5.97 Å². The van der Waals surface area contributed by atoms with Crippen molar-refractivity contribution < 1.29 is 9.53 Å². The Kier molecular flexibility index (Phi) is 4.53. The van der Waals surface area contributed by atoms with Gasteiger partial charge in [-0.25, -0.2) is 0 Å². The van der Waals surface area contributed by atoms with Crippen molar-refractivity contribution in [3.63, 3.8) is 0 Å². The molecule has 1 atom stereocenters. The van der Waals surface area contributed by atoms with E-state index in [4.69, 9.17) is 10.5 Å². The van der Waals surface area contributed by atoms with Gasteiger partial charge in [-0.3, -0.25) is 9.78 Å². The zero-order valence-corrected chi connectivity index (χ0v) is 11.5. The summed E-state index contributed by atoms with van der Waals surface area (Å²) in [6, 6.07) is 5.84. The summed E-state index contributed by atoms with van der Waals surface area (Å²) in [5, 5.41) is 0. The quantitative estimate of drug-likeness (QED) is 0.763. The molecule has 2 N–H and O–H groups in total. The van der Waals surface area contributed by atoms with Crippen LogP contribution in [-0.2, 0) is 16.0 Å². The minimum Gasteiger partial charge on any atom is -0.469 e. The summed E-state index contributed by atoms with van der Waals surface area (Å²) in [4.78, 5) is 16.4. The smallest absolute Gasteiger partial charge is 0.313 e. The summed E-state index contributed by atoms with van der Waals surface area (Å²) in [7, 11) is 1.44. The first-order chi connectivity index (χ1) is 9.20. The van der Waals surface area contributed by atoms with Crippen molar-refractivity contribution in [3.8, 4) is 0 Å². The molecule has 1 fully saturated rings. The molecule has 19 heavy (non-hydrogen) atoms. The van der Waals surface area contributed by atoms with Gasteiger partial charge >= 0.3 is 5.97 Å². The number of nitrogens with two attached hydrogens (primary N) is 1. The van der Waals surface area contributed by atoms with Gasteiger partial charge < -0.3 is 10.5 Å². The molecule has 1 aromatic rings. The summed E-state index contributed by atoms with van der Waals surface area (Å²) in [5.41, 5.74) is 6.37. The SMILES string of the molecule is COC(=O)C(CN)(CCc1ccccn1)CC1CC1. The Morgan fingerprint density at radius 3 is 2.84 bits per heavy atom. The number of hydrogen-bond acceptors (Lipinski definition) is 4. The van der Waals surface area contributed by atoms with Crippen LogP contribution in [0.2, 0.25) is 0 Å². The molecular weight excluding hydrogens is 240 g/mol. The Bertz CT molecular complexity index is 417. The average Bonchev–Trinajstić information content (AvgIpc) is 3.27. The van der Waals surface area contributed by atoms with Gasteiger partial charge in [0.1, 0.15) is 0 Å². The zero-order chi connectivity index (χ0) is 13.7. The molecule has 1 aliphatic rings. The van der Waals surface area contributed by atoms with Gasteiger partial charge in [-0.15, -0.1) is 0 Å². The zero-order valence-electron chi connectivity index (χ0n) is 11.5. The standard InChI is InChI=1S/C15H22N2O2/c1-19-14(18)15(11-16,10-12-5-6-12)8-7-13-4-2-3-9-17-13/h2-4,9,12H,5-8,10-11,16H2,1H3. The number of aryl methyl sites for hydroxylation is 1. The minimum atomic E-state index is -0.534. The molecule has 0 spiro atoms. The molecular formula is C15H22N2O2. The molecule has 0 aliphatic heterocycles. The molecule has 1 heterocycles. The number of carbonyl (C=O) groups is 1. The Balaban J connectivity index is 2.05. The number of methoxy groups -OCH3 is 1. The van der Waals surface area contributed by atoms with Crippen LogP contribution < -0.4 is 5.73 Å². The van der Waals surface area contributed by atoms with Crippen LogP contribution in [0.5, 0.6) is 0 Å². The van der Waals surface area contributed by atoms with Crippen LogP contribution >= 0.6 is 0 Å². The lowest BCUT2D eigenvalue weighted by molar-refractivity contribution is -0.153. The van der Waals surface area contributed by atoms with Crippen LogP contribution in [0.25, 0.3) is 0 Å². The van der Waals surface area contributed by atoms with Gasteiger partial charge in [0, 0.05) is 18.4 Å². The van der Waals surface area contributed by atoms with Gasteiger partial charge in [-0.1, -0.05) is 18.9 Å². The highest BCUT2D eigenvalue weighted by atomic mass is 16.5. The van der Waals surface area contributed by atoms with Gasteiger partial charge in [0.05, 0.1) is 12.5 Å². The fourth-order valence-electron chi connectivity index (χ4n) is 2.56. The van der Waals surface area contributed by atoms with Gasteiger partial charge in [0.25, 0.3) is 0 Å². The number of rotatable bonds is 7. The van der Waals surface area contributed by atoms with E-state index in [1.807, 2.05) is 18.2 Å². The molecule has 0 bridgehead atoms. The highest BCUT2D eigenvalue weighted by Gasteiger charge is 2.42. The first-order valence-corrected chi connectivity index (χ1v) is 6.88. The molecule has 1 aliphatic carbocycles. The number of esters is 1. The van der Waals surface area contributed by atoms with Crippen LogP contribution in [0.15, 0.2) is 24.4 Å². The van der Waals surface area contributed by atoms with E-state index in [0.29, 0.717) is 18.9 Å². The number of nitrogens with zero attached hydrogens (tertiary/aromatic N) is 1. The molecule has 0 saturated heterocycles. The lowest BCUT2D eigenvalue weighted by Crippen LogP contribution is -2.40. The van der Waals surface area contributed by atoms with Gasteiger partial charge in [-0.05, 0) is 37.3 Å². The number of aromatic nitrogens is 1. The van der Waals surface area contributed by atoms with Crippen molar-refractivity contribution in [1.29, 1.82) is 0 Å². The second-order valence-electron chi connectivity index (χ2n) is 5.44. The van der Waals surface area contributed by atoms with E-state index >= 15 is 0 Å². The van der Waals surface area contributed by atoms with E-state index in [-0.39, 0.29) is 5.97 Å². The molecule has 1 unspecified atom stereocenters. The van der Waals surface area contributed by atoms with Crippen LogP contribution in [0.1, 0.15) is 31.4 Å². The average molecular weight is 262 g/mol. The summed E-state index contributed by atoms with van der Waals surface area (Å²) < 4.78 is 4.98. The second-order valence-corrected chi connectivity index (χ2v) is 5.44. The monoisotopic (exact) mass is 262 g/mol. The maximum atomic E-state index is 12.1. The second kappa shape index (κ2) is 6.15. The first kappa shape index (κ1) is 14.0. The Labute approximate surface area is 114 Å². The van der Waals surface area contributed by atoms with E-state index in [0.717, 1.165) is 18.5 Å². The fourth-order valence-corrected chi connectivity index (χ4v) is 2.56. The highest BCUT2D eigenvalue weighted by molar-refractivity contribution is 5.77. The van der Waals surface area contributed by atoms with Crippen LogP contribution in [0.3, 0.4) is 0 Å². The maximum Gasteiger partial charge on any atom is 0.313 e. The molecule has 0 radical (unpaired) electrons. The maximum absolute atomic E-state index is 12.1. The van der Waals surface area contributed by atoms with Crippen LogP contribution in [0.4, 0.5) is 0 Å². The molecule has 0 aromatic carbocycles. The Hall–Kier alpha value is -1.42. The van der Waals surface area contributed by atoms with Gasteiger partial charge in [-0.2, -0.15) is 0 Å². The topological polar surface area (TPSA) is 65.2 Å². The summed E-state index contributed by atoms with van der Waals surface area (Å²) in [6.07, 6.45) is 6.52. The number of ether oxygens (including phenoxy) is 1. The van der Waals surface area contributed by atoms with Gasteiger partial charge in [0.2, 0.25) is 0 Å². The Morgan fingerprint density at radius 1 is 1.53 bits per heavy atom. The minimum absolute atomic E-state index is 0.169. The van der Waals surface area contributed by atoms with E-state index in [1.165, 1.54) is 20.0 Å². The predicted molar refractivity (Wildman–Crippen MR) is 73.4 cm³/mol. The summed E-state index contributed by atoms with van der Waals surface area (Å²) in [6.45, 7) is 0.350. The van der Waals surface area contributed by atoms with Crippen molar-refractivity contribution in [1.82, 2.24) is 4.98 Å². The van der Waals surface area contributed by atoms with Gasteiger partial charge in [0.15, 0.2) is 0 Å². The molecule has 2 rings (SSSR count). The highest BCUT2D eigenvalue weighted by Crippen LogP contribution is 2.42. The molecule has 4 nitrogen and oxygen atoms in total. The number of hydrogen-bond donors (Lipinski definition) is 1. The third kappa shape index (κ3) is 3.53. The lowest BCUT2D eigenvalue weighted by atomic mass is 9.78. The van der Waals surface area contributed by atoms with Crippen molar-refractivity contribution in [2.75, 3.05) is 13.7 Å². The molecule has 104 valence electrons. The van der Waals surface area contributed by atoms with E-state index < -0.39 is 5.41 Å². The first-order valence-electron chi connectivity index (χ1n) is 6.88. The third-order valence-corrected chi connectivity index (χ3v) is 3.97. The van der Waals surface area contributed by atoms with Crippen molar-refractivity contribution in [3.05, 3.63) is 30.1 Å². The number of pyridine rings is 1. The van der Waals surface area contributed by atoms with E-state index in [9.17, 15) is 4.79 Å². The summed E-state index contributed by atoms with van der Waals surface area (Å²) in [5.74, 6) is 0.476. The molecule has 1 aromatic heterocycles. The lowest BCUT2D eigenvalue weighted by Gasteiger charge is -2.29. The van der Waals surface area contributed by atoms with E-state index in [2.05, 4.69) is 4.98 Å². The Morgan fingerprint density at radius 2 is 2.32 bits per heavy atom. The normalized spacial score (nSPS) is 17.8. The molecule has 1 saturated carbocycles. The predicted octanol–water partition coefficient (Wildman–Crippen LogP) is 1.93. The summed E-state index contributed by atoms with van der Waals surface area (Å²) >= 11 is 0. The number of carbonyl (C=O) groups excluding carboxylic acids is 1. The molecule has 4 heteroatoms. The third-order valence-electron chi connectivity index (χ3n) is 3.97. The van der Waals surface area contributed by atoms with Crippen molar-refractivity contribution in [2.24, 2.45) is 17.1 Å². The molecule has 0 amide bonds. The van der Waals surface area contributed by atoms with E-state index in [1.54, 1.807) is 6.20 Å². The van der Waals surface area contributed by atoms with Crippen LogP contribution in [-0.4, -0.2) is 24.6 Å². The van der Waals surface area contributed by atoms with Crippen molar-refractivity contribution in [2.45, 2.75) is 32.1 Å². The van der Waals surface area contributed by atoms with Crippen LogP contribution in [0, 0.1) is 11.3 Å². The largest absolute Gasteiger partial charge is 0.469 e.